The summed E-state index contributed by atoms with van der Waals surface area (Å²) in [6.45, 7) is 1.93. The van der Waals surface area contributed by atoms with Crippen LogP contribution in [0.3, 0.4) is 0 Å². The number of benzene rings is 1. The molecule has 15 heavy (non-hydrogen) atoms. The first-order valence-corrected chi connectivity index (χ1v) is 5.31. The molecule has 0 aromatic heterocycles. The number of rotatable bonds is 4. The lowest BCUT2D eigenvalue weighted by molar-refractivity contribution is -0.384. The molecule has 0 amide bonds. The smallest absolute Gasteiger partial charge is 0.258 e. The summed E-state index contributed by atoms with van der Waals surface area (Å²) in [4.78, 5) is 10.2. The third-order valence-electron chi connectivity index (χ3n) is 2.07. The first-order chi connectivity index (χ1) is 7.15. The predicted molar refractivity (Wildman–Crippen MR) is 65.3 cm³/mol. The molecule has 4 heteroatoms. The van der Waals surface area contributed by atoms with Crippen LogP contribution in [0, 0.1) is 17.0 Å². The number of non-ortho nitro benzene ring substituents is 1. The lowest BCUT2D eigenvalue weighted by atomic mass is 10.1. The van der Waals surface area contributed by atoms with E-state index in [1.807, 2.05) is 19.1 Å². The van der Waals surface area contributed by atoms with Gasteiger partial charge < -0.3 is 0 Å². The molecule has 0 spiro atoms. The fraction of sp³-hybridized carbons (Fsp3) is 0.273. The van der Waals surface area contributed by atoms with Crippen LogP contribution >= 0.6 is 12.6 Å². The lowest BCUT2D eigenvalue weighted by Gasteiger charge is -1.99. The van der Waals surface area contributed by atoms with Gasteiger partial charge in [-0.25, -0.2) is 0 Å². The number of nitrogens with zero attached hydrogens (tertiary/aromatic N) is 1. The van der Waals surface area contributed by atoms with Crippen LogP contribution in [0.1, 0.15) is 17.5 Å². The number of allylic oxidation sites excluding steroid dienone is 1. The quantitative estimate of drug-likeness (QED) is 0.484. The zero-order chi connectivity index (χ0) is 11.3. The van der Waals surface area contributed by atoms with Crippen LogP contribution in [-0.4, -0.2) is 10.7 Å². The van der Waals surface area contributed by atoms with Crippen molar-refractivity contribution in [2.24, 2.45) is 0 Å². The molecule has 0 atom stereocenters. The van der Waals surface area contributed by atoms with Gasteiger partial charge in [0.2, 0.25) is 0 Å². The maximum atomic E-state index is 10.6. The highest BCUT2D eigenvalue weighted by Gasteiger charge is 2.06. The van der Waals surface area contributed by atoms with Gasteiger partial charge in [0.1, 0.15) is 0 Å². The van der Waals surface area contributed by atoms with E-state index >= 15 is 0 Å². The Labute approximate surface area is 94.4 Å². The van der Waals surface area contributed by atoms with E-state index in [1.54, 1.807) is 12.1 Å². The Morgan fingerprint density at radius 1 is 1.53 bits per heavy atom. The summed E-state index contributed by atoms with van der Waals surface area (Å²) < 4.78 is 0. The van der Waals surface area contributed by atoms with Gasteiger partial charge in [-0.1, -0.05) is 18.2 Å². The van der Waals surface area contributed by atoms with Crippen LogP contribution in [0.5, 0.6) is 0 Å². The summed E-state index contributed by atoms with van der Waals surface area (Å²) in [6, 6.07) is 4.87. The standard InChI is InChI=1S/C11H13NO2S/c1-9-5-6-11(12(13)14)8-10(9)4-2-3-7-15/h2,4-6,8,15H,3,7H2,1H3. The van der Waals surface area contributed by atoms with E-state index in [1.165, 1.54) is 6.07 Å². The van der Waals surface area contributed by atoms with Crippen molar-refractivity contribution in [1.82, 2.24) is 0 Å². The monoisotopic (exact) mass is 223 g/mol. The van der Waals surface area contributed by atoms with Crippen LogP contribution in [0.15, 0.2) is 24.3 Å². The maximum absolute atomic E-state index is 10.6. The number of nitro groups is 1. The van der Waals surface area contributed by atoms with Crippen LogP contribution in [0.4, 0.5) is 5.69 Å². The van der Waals surface area contributed by atoms with E-state index in [0.717, 1.165) is 23.3 Å². The molecule has 0 saturated heterocycles. The molecule has 80 valence electrons. The first-order valence-electron chi connectivity index (χ1n) is 4.67. The molecule has 0 radical (unpaired) electrons. The zero-order valence-electron chi connectivity index (χ0n) is 8.51. The Kier molecular flexibility index (Phi) is 4.37. The topological polar surface area (TPSA) is 43.1 Å². The van der Waals surface area contributed by atoms with E-state index in [0.29, 0.717) is 0 Å². The molecule has 0 unspecified atom stereocenters. The van der Waals surface area contributed by atoms with Gasteiger partial charge in [-0.05, 0) is 30.2 Å². The lowest BCUT2D eigenvalue weighted by Crippen LogP contribution is -1.89. The van der Waals surface area contributed by atoms with Crippen molar-refractivity contribution in [3.05, 3.63) is 45.5 Å². The van der Waals surface area contributed by atoms with Crippen molar-refractivity contribution in [2.45, 2.75) is 13.3 Å². The molecule has 0 fully saturated rings. The highest BCUT2D eigenvalue weighted by molar-refractivity contribution is 7.80. The van der Waals surface area contributed by atoms with Crippen LogP contribution in [-0.2, 0) is 0 Å². The Morgan fingerprint density at radius 2 is 2.27 bits per heavy atom. The summed E-state index contributed by atoms with van der Waals surface area (Å²) >= 11 is 4.09. The number of hydrogen-bond donors (Lipinski definition) is 1. The van der Waals surface area contributed by atoms with Gasteiger partial charge in [0.05, 0.1) is 4.92 Å². The summed E-state index contributed by atoms with van der Waals surface area (Å²) in [7, 11) is 0. The van der Waals surface area contributed by atoms with Crippen molar-refractivity contribution in [3.63, 3.8) is 0 Å². The van der Waals surface area contributed by atoms with E-state index in [-0.39, 0.29) is 10.6 Å². The predicted octanol–water partition coefficient (Wildman–Crippen LogP) is 3.24. The fourth-order valence-corrected chi connectivity index (χ4v) is 1.35. The molecule has 0 aliphatic carbocycles. The Morgan fingerprint density at radius 3 is 2.87 bits per heavy atom. The Hall–Kier alpha value is -1.29. The second-order valence-corrected chi connectivity index (χ2v) is 3.66. The highest BCUT2D eigenvalue weighted by atomic mass is 32.1. The number of thiol groups is 1. The molecular formula is C11H13NO2S. The third-order valence-corrected chi connectivity index (χ3v) is 2.33. The van der Waals surface area contributed by atoms with Crippen LogP contribution in [0.25, 0.3) is 6.08 Å². The van der Waals surface area contributed by atoms with E-state index in [4.69, 9.17) is 0 Å². The highest BCUT2D eigenvalue weighted by Crippen LogP contribution is 2.18. The van der Waals surface area contributed by atoms with Crippen molar-refractivity contribution < 1.29 is 4.92 Å². The van der Waals surface area contributed by atoms with Gasteiger partial charge in [-0.2, -0.15) is 12.6 Å². The number of nitro benzene ring substituents is 1. The van der Waals surface area contributed by atoms with E-state index in [9.17, 15) is 10.1 Å². The second kappa shape index (κ2) is 5.56. The minimum Gasteiger partial charge on any atom is -0.258 e. The summed E-state index contributed by atoms with van der Waals surface area (Å²) in [5.74, 6) is 0.782. The van der Waals surface area contributed by atoms with Crippen molar-refractivity contribution >= 4 is 24.4 Å². The minimum absolute atomic E-state index is 0.131. The third kappa shape index (κ3) is 3.40. The number of aryl methyl sites for hydroxylation is 1. The SMILES string of the molecule is Cc1ccc([N+](=O)[O-])cc1C=CCCS. The van der Waals surface area contributed by atoms with Crippen molar-refractivity contribution in [1.29, 1.82) is 0 Å². The van der Waals surface area contributed by atoms with Crippen molar-refractivity contribution in [3.8, 4) is 0 Å². The van der Waals surface area contributed by atoms with E-state index < -0.39 is 0 Å². The molecule has 0 aliphatic rings. The molecule has 0 saturated carbocycles. The molecule has 0 aliphatic heterocycles. The molecule has 1 aromatic rings. The Balaban J connectivity index is 2.95. The molecule has 0 bridgehead atoms. The second-order valence-electron chi connectivity index (χ2n) is 3.21. The van der Waals surface area contributed by atoms with Crippen LogP contribution < -0.4 is 0 Å². The van der Waals surface area contributed by atoms with E-state index in [2.05, 4.69) is 12.6 Å². The largest absolute Gasteiger partial charge is 0.270 e. The molecule has 0 N–H and O–H groups in total. The van der Waals surface area contributed by atoms with Gasteiger partial charge in [-0.15, -0.1) is 0 Å². The summed E-state index contributed by atoms with van der Waals surface area (Å²) in [5.41, 5.74) is 2.06. The summed E-state index contributed by atoms with van der Waals surface area (Å²) in [6.07, 6.45) is 4.74. The average Bonchev–Trinajstić information content (AvgIpc) is 2.20. The summed E-state index contributed by atoms with van der Waals surface area (Å²) in [5, 5.41) is 10.6. The van der Waals surface area contributed by atoms with Gasteiger partial charge in [-0.3, -0.25) is 10.1 Å². The molecule has 1 aromatic carbocycles. The molecule has 0 heterocycles. The zero-order valence-corrected chi connectivity index (χ0v) is 9.41. The van der Waals surface area contributed by atoms with Gasteiger partial charge in [0, 0.05) is 12.1 Å². The normalized spacial score (nSPS) is 10.8. The van der Waals surface area contributed by atoms with Gasteiger partial charge >= 0.3 is 0 Å². The minimum atomic E-state index is -0.380. The average molecular weight is 223 g/mol. The fourth-order valence-electron chi connectivity index (χ4n) is 1.21. The Bertz CT molecular complexity index is 388. The van der Waals surface area contributed by atoms with Crippen molar-refractivity contribution in [2.75, 3.05) is 5.75 Å². The first kappa shape index (κ1) is 11.8. The molecular weight excluding hydrogens is 210 g/mol. The van der Waals surface area contributed by atoms with Gasteiger partial charge in [0.25, 0.3) is 5.69 Å². The van der Waals surface area contributed by atoms with Crippen LogP contribution in [0.2, 0.25) is 0 Å². The number of hydrogen-bond acceptors (Lipinski definition) is 3. The molecule has 1 rings (SSSR count). The van der Waals surface area contributed by atoms with Gasteiger partial charge in [0.15, 0.2) is 0 Å². The molecule has 3 nitrogen and oxygen atoms in total. The maximum Gasteiger partial charge on any atom is 0.270 e.